The van der Waals surface area contributed by atoms with Crippen LogP contribution in [0, 0.1) is 10.1 Å². The van der Waals surface area contributed by atoms with Gasteiger partial charge in [0.15, 0.2) is 5.69 Å². The molecular weight excluding hydrogens is 422 g/mol. The Bertz CT molecular complexity index is 1260. The number of rotatable bonds is 8. The van der Waals surface area contributed by atoms with Crippen molar-refractivity contribution in [2.24, 2.45) is 10.2 Å². The number of nitro groups is 1. The van der Waals surface area contributed by atoms with E-state index in [0.717, 1.165) is 11.6 Å². The number of hydrogen-bond acceptors (Lipinski definition) is 7. The molecule has 0 aliphatic rings. The Hall–Kier alpha value is -3.31. The monoisotopic (exact) mass is 445 g/mol. The van der Waals surface area contributed by atoms with Gasteiger partial charge in [-0.25, -0.2) is 8.42 Å². The maximum atomic E-state index is 13.1. The molecule has 31 heavy (non-hydrogen) atoms. The van der Waals surface area contributed by atoms with Crippen LogP contribution in [0.3, 0.4) is 0 Å². The molecule has 0 aliphatic heterocycles. The normalized spacial score (nSPS) is 12.3. The second-order valence-electron chi connectivity index (χ2n) is 6.63. The molecule has 0 saturated heterocycles. The highest BCUT2D eigenvalue weighted by Gasteiger charge is 2.27. The van der Waals surface area contributed by atoms with E-state index in [4.69, 9.17) is 0 Å². The maximum absolute atomic E-state index is 13.1. The molecule has 164 valence electrons. The maximum Gasteiger partial charge on any atom is 0.270 e. The van der Waals surface area contributed by atoms with E-state index in [2.05, 4.69) is 10.2 Å². The first-order chi connectivity index (χ1) is 14.8. The summed E-state index contributed by atoms with van der Waals surface area (Å²) in [6, 6.07) is 10.6. The van der Waals surface area contributed by atoms with E-state index in [1.54, 1.807) is 30.5 Å². The molecule has 1 heterocycles. The minimum atomic E-state index is -4.04. The summed E-state index contributed by atoms with van der Waals surface area (Å²) in [6.45, 7) is 6.12. The van der Waals surface area contributed by atoms with Gasteiger partial charge in [-0.3, -0.25) is 10.1 Å². The zero-order valence-electron chi connectivity index (χ0n) is 17.4. The summed E-state index contributed by atoms with van der Waals surface area (Å²) in [4.78, 5) is 10.2. The first-order valence-corrected chi connectivity index (χ1v) is 11.2. The number of aromatic hydroxyl groups is 1. The number of nitro benzene ring substituents is 1. The summed E-state index contributed by atoms with van der Waals surface area (Å²) in [7, 11) is -4.04. The van der Waals surface area contributed by atoms with Crippen LogP contribution in [-0.2, 0) is 16.6 Å². The molecule has 0 fully saturated rings. The van der Waals surface area contributed by atoms with Gasteiger partial charge in [0.05, 0.1) is 10.4 Å². The second kappa shape index (κ2) is 8.82. The van der Waals surface area contributed by atoms with E-state index in [1.807, 2.05) is 19.1 Å². The van der Waals surface area contributed by atoms with Crippen LogP contribution in [0.25, 0.3) is 10.9 Å². The molecule has 1 aromatic heterocycles. The number of para-hydroxylation sites is 1. The van der Waals surface area contributed by atoms with Crippen molar-refractivity contribution in [1.29, 1.82) is 0 Å². The third-order valence-corrected chi connectivity index (χ3v) is 7.05. The Morgan fingerprint density at radius 2 is 1.77 bits per heavy atom. The summed E-state index contributed by atoms with van der Waals surface area (Å²) < 4.78 is 29.0. The van der Waals surface area contributed by atoms with Crippen LogP contribution in [0.5, 0.6) is 5.88 Å². The average Bonchev–Trinajstić information content (AvgIpc) is 3.03. The molecule has 1 N–H and O–H groups in total. The van der Waals surface area contributed by atoms with Crippen LogP contribution >= 0.6 is 0 Å². The van der Waals surface area contributed by atoms with Crippen molar-refractivity contribution in [3.63, 3.8) is 0 Å². The van der Waals surface area contributed by atoms with Crippen LogP contribution in [0.15, 0.2) is 57.6 Å². The highest BCUT2D eigenvalue weighted by molar-refractivity contribution is 7.89. The third kappa shape index (κ3) is 4.01. The van der Waals surface area contributed by atoms with Crippen molar-refractivity contribution >= 4 is 38.0 Å². The van der Waals surface area contributed by atoms with Crippen LogP contribution in [0.1, 0.15) is 20.8 Å². The van der Waals surface area contributed by atoms with Gasteiger partial charge in [-0.05, 0) is 19.1 Å². The van der Waals surface area contributed by atoms with Gasteiger partial charge in [0.2, 0.25) is 15.9 Å². The Morgan fingerprint density at radius 1 is 1.10 bits per heavy atom. The zero-order chi connectivity index (χ0) is 22.8. The Labute approximate surface area is 179 Å². The van der Waals surface area contributed by atoms with E-state index in [-0.39, 0.29) is 40.9 Å². The fraction of sp³-hybridized carbons (Fsp3) is 0.300. The quantitative estimate of drug-likeness (QED) is 0.304. The summed E-state index contributed by atoms with van der Waals surface area (Å²) >= 11 is 0. The fourth-order valence-electron chi connectivity index (χ4n) is 3.40. The molecule has 3 rings (SSSR count). The van der Waals surface area contributed by atoms with E-state index in [1.165, 1.54) is 16.4 Å². The van der Waals surface area contributed by atoms with Crippen molar-refractivity contribution in [3.8, 4) is 5.88 Å². The third-order valence-electron chi connectivity index (χ3n) is 4.97. The Balaban J connectivity index is 2.19. The lowest BCUT2D eigenvalue weighted by Crippen LogP contribution is -2.30. The SMILES string of the molecule is CCN(CC)S(=O)(=O)c1cc([N+](=O)[O-])ccc1N=Nc1c(O)n(CC)c2ccccc12. The predicted molar refractivity (Wildman–Crippen MR) is 117 cm³/mol. The summed E-state index contributed by atoms with van der Waals surface area (Å²) in [5, 5.41) is 30.7. The van der Waals surface area contributed by atoms with Crippen LogP contribution in [0.2, 0.25) is 0 Å². The fourth-order valence-corrected chi connectivity index (χ4v) is 5.00. The minimum Gasteiger partial charge on any atom is -0.493 e. The lowest BCUT2D eigenvalue weighted by molar-refractivity contribution is -0.385. The summed E-state index contributed by atoms with van der Waals surface area (Å²) in [5.74, 6) is -0.0949. The smallest absolute Gasteiger partial charge is 0.270 e. The van der Waals surface area contributed by atoms with Gasteiger partial charge in [-0.15, -0.1) is 10.2 Å². The van der Waals surface area contributed by atoms with E-state index in [0.29, 0.717) is 11.9 Å². The van der Waals surface area contributed by atoms with Gasteiger partial charge in [-0.1, -0.05) is 32.0 Å². The molecule has 2 aromatic carbocycles. The van der Waals surface area contributed by atoms with Gasteiger partial charge < -0.3 is 9.67 Å². The zero-order valence-corrected chi connectivity index (χ0v) is 18.2. The molecule has 0 atom stereocenters. The van der Waals surface area contributed by atoms with Gasteiger partial charge >= 0.3 is 0 Å². The number of aryl methyl sites for hydroxylation is 1. The summed E-state index contributed by atoms with van der Waals surface area (Å²) in [6.07, 6.45) is 0. The number of fused-ring (bicyclic) bond motifs is 1. The molecule has 0 bridgehead atoms. The van der Waals surface area contributed by atoms with Crippen LogP contribution in [0.4, 0.5) is 17.1 Å². The van der Waals surface area contributed by atoms with Crippen molar-refractivity contribution in [1.82, 2.24) is 8.87 Å². The number of azo groups is 1. The Morgan fingerprint density at radius 3 is 2.39 bits per heavy atom. The second-order valence-corrected chi connectivity index (χ2v) is 8.54. The van der Waals surface area contributed by atoms with Gasteiger partial charge in [0.1, 0.15) is 10.6 Å². The molecule has 0 aliphatic carbocycles. The van der Waals surface area contributed by atoms with Crippen LogP contribution < -0.4 is 0 Å². The highest BCUT2D eigenvalue weighted by atomic mass is 32.2. The highest BCUT2D eigenvalue weighted by Crippen LogP contribution is 2.40. The summed E-state index contributed by atoms with van der Waals surface area (Å²) in [5.41, 5.74) is 0.540. The van der Waals surface area contributed by atoms with Crippen molar-refractivity contribution in [2.75, 3.05) is 13.1 Å². The molecule has 0 radical (unpaired) electrons. The standard InChI is InChI=1S/C20H23N5O5S/c1-4-23(5-2)31(29,30)18-13-14(25(27)28)11-12-16(18)21-22-19-15-9-7-8-10-17(15)24(6-3)20(19)26/h7-13,26H,4-6H2,1-3H3. The molecule has 3 aromatic rings. The van der Waals surface area contributed by atoms with Crippen molar-refractivity contribution in [2.45, 2.75) is 32.2 Å². The van der Waals surface area contributed by atoms with E-state index >= 15 is 0 Å². The van der Waals surface area contributed by atoms with Crippen LogP contribution in [-0.4, -0.2) is 40.4 Å². The first-order valence-electron chi connectivity index (χ1n) is 9.76. The Kier molecular flexibility index (Phi) is 6.37. The number of non-ortho nitro benzene ring substituents is 1. The molecular formula is C20H23N5O5S. The lowest BCUT2D eigenvalue weighted by Gasteiger charge is -2.19. The predicted octanol–water partition coefficient (Wildman–Crippen LogP) is 4.72. The number of hydrogen-bond donors (Lipinski definition) is 1. The molecule has 11 heteroatoms. The van der Waals surface area contributed by atoms with E-state index in [9.17, 15) is 23.6 Å². The number of benzene rings is 2. The average molecular weight is 446 g/mol. The topological polar surface area (TPSA) is 130 Å². The van der Waals surface area contributed by atoms with Gasteiger partial charge in [0.25, 0.3) is 5.69 Å². The van der Waals surface area contributed by atoms with E-state index < -0.39 is 14.9 Å². The van der Waals surface area contributed by atoms with Gasteiger partial charge in [-0.2, -0.15) is 4.31 Å². The number of nitrogens with zero attached hydrogens (tertiary/aromatic N) is 5. The largest absolute Gasteiger partial charge is 0.493 e. The first kappa shape index (κ1) is 22.4. The minimum absolute atomic E-state index is 0.0507. The molecule has 0 saturated carbocycles. The van der Waals surface area contributed by atoms with Crippen molar-refractivity contribution < 1.29 is 18.4 Å². The van der Waals surface area contributed by atoms with Crippen molar-refractivity contribution in [3.05, 3.63) is 52.6 Å². The molecule has 0 spiro atoms. The number of aromatic nitrogens is 1. The van der Waals surface area contributed by atoms with Gasteiger partial charge in [0, 0.05) is 37.2 Å². The number of sulfonamides is 1. The lowest BCUT2D eigenvalue weighted by atomic mass is 10.2. The molecule has 0 unspecified atom stereocenters. The molecule has 10 nitrogen and oxygen atoms in total. The molecule has 0 amide bonds.